The third-order valence-corrected chi connectivity index (χ3v) is 1.75. The van der Waals surface area contributed by atoms with Gasteiger partial charge in [-0.15, -0.1) is 0 Å². The van der Waals surface area contributed by atoms with Crippen molar-refractivity contribution in [1.29, 1.82) is 0 Å². The van der Waals surface area contributed by atoms with Crippen molar-refractivity contribution in [3.8, 4) is 0 Å². The van der Waals surface area contributed by atoms with Crippen molar-refractivity contribution < 1.29 is 14.2 Å². The first kappa shape index (κ1) is 22.9. The van der Waals surface area contributed by atoms with Crippen LogP contribution in [0.25, 0.3) is 0 Å². The van der Waals surface area contributed by atoms with Crippen LogP contribution in [0.1, 0.15) is 35.6 Å². The van der Waals surface area contributed by atoms with E-state index in [2.05, 4.69) is 0 Å². The molecule has 0 aliphatic rings. The zero-order valence-electron chi connectivity index (χ0n) is 10.6. The van der Waals surface area contributed by atoms with Crippen molar-refractivity contribution in [1.82, 2.24) is 0 Å². The number of rotatable bonds is 10. The molecule has 0 saturated heterocycles. The normalized spacial score (nSPS) is 15.2. The highest BCUT2D eigenvalue weighted by atomic mass is 16.5. The topological polar surface area (TPSA) is 79.7 Å². The van der Waals surface area contributed by atoms with Crippen LogP contribution in [-0.2, 0) is 14.2 Å². The molecule has 3 unspecified atom stereocenters. The van der Waals surface area contributed by atoms with Gasteiger partial charge >= 0.3 is 0 Å². The first-order chi connectivity index (χ1) is 7.52. The predicted octanol–water partition coefficient (Wildman–Crippen LogP) is 1.39. The zero-order chi connectivity index (χ0) is 12.4. The molecule has 0 aromatic heterocycles. The second-order valence-corrected chi connectivity index (χ2v) is 4.25. The predicted molar refractivity (Wildman–Crippen MR) is 77.8 cm³/mol. The second kappa shape index (κ2) is 14.9. The molecule has 0 amide bonds. The fourth-order valence-electron chi connectivity index (χ4n) is 1.00. The average molecular weight is 266 g/mol. The van der Waals surface area contributed by atoms with E-state index in [-0.39, 0.29) is 33.0 Å². The van der Waals surface area contributed by atoms with Crippen LogP contribution in [0.3, 0.4) is 0 Å². The summed E-state index contributed by atoms with van der Waals surface area (Å²) < 4.78 is 16.1. The minimum absolute atomic E-state index is 0. The van der Waals surface area contributed by atoms with Gasteiger partial charge in [0.25, 0.3) is 0 Å². The third-order valence-electron chi connectivity index (χ3n) is 1.75. The molecule has 0 rings (SSSR count). The van der Waals surface area contributed by atoms with Crippen LogP contribution in [0.5, 0.6) is 0 Å². The van der Waals surface area contributed by atoms with Crippen LogP contribution in [-0.4, -0.2) is 51.2 Å². The van der Waals surface area contributed by atoms with Crippen LogP contribution in [0.2, 0.25) is 0 Å². The summed E-state index contributed by atoms with van der Waals surface area (Å²) in [6.07, 6.45) is 0.0689. The second-order valence-electron chi connectivity index (χ2n) is 4.25. The summed E-state index contributed by atoms with van der Waals surface area (Å²) in [6.45, 7) is 8.62. The quantitative estimate of drug-likeness (QED) is 0.584. The molecule has 4 N–H and O–H groups in total. The molecule has 0 spiro atoms. The Kier molecular flexibility index (Phi) is 18.9. The van der Waals surface area contributed by atoms with Gasteiger partial charge in [-0.2, -0.15) is 0 Å². The largest absolute Gasteiger partial charge is 0.377 e. The number of nitrogens with two attached hydrogens (primary N) is 2. The lowest BCUT2D eigenvalue weighted by molar-refractivity contribution is -0.0264. The molecule has 0 aliphatic carbocycles. The van der Waals surface area contributed by atoms with E-state index in [9.17, 15) is 0 Å². The Morgan fingerprint density at radius 3 is 1.67 bits per heavy atom. The summed E-state index contributed by atoms with van der Waals surface area (Å²) in [6, 6.07) is 0.144. The van der Waals surface area contributed by atoms with Crippen LogP contribution in [0, 0.1) is 0 Å². The van der Waals surface area contributed by atoms with Crippen LogP contribution >= 0.6 is 0 Å². The zero-order valence-corrected chi connectivity index (χ0v) is 10.6. The summed E-state index contributed by atoms with van der Waals surface area (Å²) in [5, 5.41) is 0. The maximum Gasteiger partial charge on any atom is 0.0781 e. The van der Waals surface area contributed by atoms with E-state index in [1.807, 2.05) is 20.8 Å². The lowest BCUT2D eigenvalue weighted by atomic mass is 10.4. The molecule has 0 aromatic rings. The first-order valence-corrected chi connectivity index (χ1v) is 5.80. The Morgan fingerprint density at radius 1 is 0.778 bits per heavy atom. The molecule has 0 aromatic carbocycles. The highest BCUT2D eigenvalue weighted by Crippen LogP contribution is 1.93. The van der Waals surface area contributed by atoms with E-state index >= 15 is 0 Å². The van der Waals surface area contributed by atoms with Crippen molar-refractivity contribution in [2.45, 2.75) is 53.8 Å². The highest BCUT2D eigenvalue weighted by molar-refractivity contribution is 4.53. The van der Waals surface area contributed by atoms with E-state index in [1.54, 1.807) is 0 Å². The van der Waals surface area contributed by atoms with Gasteiger partial charge in [-0.1, -0.05) is 14.9 Å². The monoisotopic (exact) mass is 266 g/mol. The van der Waals surface area contributed by atoms with Gasteiger partial charge in [-0.05, 0) is 20.8 Å². The summed E-state index contributed by atoms with van der Waals surface area (Å²) in [5.41, 5.74) is 11.1. The van der Waals surface area contributed by atoms with Crippen molar-refractivity contribution in [2.75, 3.05) is 33.0 Å². The molecule has 0 saturated carbocycles. The molecular weight excluding hydrogens is 232 g/mol. The summed E-state index contributed by atoms with van der Waals surface area (Å²) in [5.74, 6) is 0. The van der Waals surface area contributed by atoms with Crippen molar-refractivity contribution >= 4 is 0 Å². The summed E-state index contributed by atoms with van der Waals surface area (Å²) >= 11 is 0. The number of hydrogen-bond acceptors (Lipinski definition) is 5. The minimum atomic E-state index is 0. The maximum atomic E-state index is 5.57. The van der Waals surface area contributed by atoms with Crippen molar-refractivity contribution in [2.24, 2.45) is 11.5 Å². The lowest BCUT2D eigenvalue weighted by Gasteiger charge is -2.15. The Balaban J connectivity index is -0.00000112. The number of ether oxygens (including phenoxy) is 3. The molecule has 5 heteroatoms. The molecule has 18 heavy (non-hydrogen) atoms. The Hall–Kier alpha value is -0.200. The molecule has 0 heterocycles. The summed E-state index contributed by atoms with van der Waals surface area (Å²) in [7, 11) is 0. The SMILES string of the molecule is C.C.CC(N)COCCOCC(C)OCC(C)N. The smallest absolute Gasteiger partial charge is 0.0781 e. The molecular formula is C13H34N2O3. The number of hydrogen-bond donors (Lipinski definition) is 2. The van der Waals surface area contributed by atoms with Crippen LogP contribution in [0.15, 0.2) is 0 Å². The van der Waals surface area contributed by atoms with Gasteiger partial charge in [0.15, 0.2) is 0 Å². The standard InChI is InChI=1S/C11H26N2O3.2CH4/c1-9(12)6-14-4-5-15-8-11(3)16-7-10(2)13;;/h9-11H,4-8,12-13H2,1-3H3;2*1H4. The fourth-order valence-corrected chi connectivity index (χ4v) is 1.00. The van der Waals surface area contributed by atoms with E-state index in [1.165, 1.54) is 0 Å². The summed E-state index contributed by atoms with van der Waals surface area (Å²) in [4.78, 5) is 0. The molecule has 0 bridgehead atoms. The van der Waals surface area contributed by atoms with Gasteiger partial charge in [-0.3, -0.25) is 0 Å². The molecule has 114 valence electrons. The molecule has 5 nitrogen and oxygen atoms in total. The highest BCUT2D eigenvalue weighted by Gasteiger charge is 2.03. The molecule has 0 aliphatic heterocycles. The minimum Gasteiger partial charge on any atom is -0.377 e. The van der Waals surface area contributed by atoms with Crippen LogP contribution in [0.4, 0.5) is 0 Å². The van der Waals surface area contributed by atoms with Gasteiger partial charge in [0.2, 0.25) is 0 Å². The fraction of sp³-hybridized carbons (Fsp3) is 1.00. The van der Waals surface area contributed by atoms with Gasteiger partial charge in [0.1, 0.15) is 0 Å². The van der Waals surface area contributed by atoms with E-state index < -0.39 is 0 Å². The lowest BCUT2D eigenvalue weighted by Crippen LogP contribution is -2.27. The molecule has 0 fully saturated rings. The first-order valence-electron chi connectivity index (χ1n) is 5.80. The van der Waals surface area contributed by atoms with Gasteiger partial charge in [-0.25, -0.2) is 0 Å². The Morgan fingerprint density at radius 2 is 1.22 bits per heavy atom. The van der Waals surface area contributed by atoms with E-state index in [4.69, 9.17) is 25.7 Å². The Labute approximate surface area is 113 Å². The average Bonchev–Trinajstić information content (AvgIpc) is 2.19. The van der Waals surface area contributed by atoms with Crippen molar-refractivity contribution in [3.63, 3.8) is 0 Å². The Bertz CT molecular complexity index is 155. The maximum absolute atomic E-state index is 5.57. The third kappa shape index (κ3) is 18.2. The van der Waals surface area contributed by atoms with Crippen LogP contribution < -0.4 is 11.5 Å². The van der Waals surface area contributed by atoms with Crippen molar-refractivity contribution in [3.05, 3.63) is 0 Å². The van der Waals surface area contributed by atoms with E-state index in [0.717, 1.165) is 0 Å². The van der Waals surface area contributed by atoms with Gasteiger partial charge in [0.05, 0.1) is 39.1 Å². The van der Waals surface area contributed by atoms with E-state index in [0.29, 0.717) is 33.0 Å². The molecule has 3 atom stereocenters. The molecule has 0 radical (unpaired) electrons. The van der Waals surface area contributed by atoms with Gasteiger partial charge < -0.3 is 25.7 Å². The van der Waals surface area contributed by atoms with Gasteiger partial charge in [0, 0.05) is 12.1 Å².